The van der Waals surface area contributed by atoms with Crippen LogP contribution in [0.3, 0.4) is 0 Å². The SMILES string of the molecule is O=C(Nc1cccc(SCc2ccccc2F)c1)/C(=C\c1ccccc1[N+](=O)[O-])NC(=O)c1ccccc1. The van der Waals surface area contributed by atoms with Gasteiger partial charge in [-0.25, -0.2) is 4.39 Å². The number of hydrogen-bond acceptors (Lipinski definition) is 5. The van der Waals surface area contributed by atoms with Crippen LogP contribution in [0.5, 0.6) is 0 Å². The van der Waals surface area contributed by atoms with E-state index in [0.717, 1.165) is 4.90 Å². The number of amides is 2. The highest BCUT2D eigenvalue weighted by molar-refractivity contribution is 7.98. The van der Waals surface area contributed by atoms with Crippen molar-refractivity contribution < 1.29 is 18.9 Å². The van der Waals surface area contributed by atoms with Crippen molar-refractivity contribution in [3.05, 3.63) is 141 Å². The Balaban J connectivity index is 1.57. The molecule has 9 heteroatoms. The van der Waals surface area contributed by atoms with Crippen molar-refractivity contribution in [2.75, 3.05) is 5.32 Å². The molecule has 0 radical (unpaired) electrons. The largest absolute Gasteiger partial charge is 0.321 e. The summed E-state index contributed by atoms with van der Waals surface area (Å²) in [7, 11) is 0. The standard InChI is InChI=1S/C29H22FN3O4S/c30-25-15-6-4-12-22(25)19-38-24-14-8-13-23(18-24)31-29(35)26(32-28(34)20-9-2-1-3-10-20)17-21-11-5-7-16-27(21)33(36)37/h1-18H,19H2,(H,31,35)(H,32,34)/b26-17+. The predicted octanol–water partition coefficient (Wildman–Crippen LogP) is 6.44. The van der Waals surface area contributed by atoms with Crippen LogP contribution >= 0.6 is 11.8 Å². The molecule has 0 bridgehead atoms. The summed E-state index contributed by atoms with van der Waals surface area (Å²) in [6.07, 6.45) is 1.27. The number of nitro benzene ring substituents is 1. The van der Waals surface area contributed by atoms with Gasteiger partial charge in [-0.1, -0.05) is 54.6 Å². The molecule has 0 aliphatic rings. The maximum atomic E-state index is 14.0. The van der Waals surface area contributed by atoms with Crippen molar-refractivity contribution in [2.45, 2.75) is 10.6 Å². The molecule has 4 aromatic carbocycles. The molecule has 38 heavy (non-hydrogen) atoms. The summed E-state index contributed by atoms with van der Waals surface area (Å²) in [5, 5.41) is 16.8. The van der Waals surface area contributed by atoms with E-state index >= 15 is 0 Å². The lowest BCUT2D eigenvalue weighted by molar-refractivity contribution is -0.385. The van der Waals surface area contributed by atoms with Crippen LogP contribution in [0.2, 0.25) is 0 Å². The number of nitro groups is 1. The number of carbonyl (C=O) groups is 2. The number of thioether (sulfide) groups is 1. The maximum Gasteiger partial charge on any atom is 0.276 e. The smallest absolute Gasteiger partial charge is 0.276 e. The summed E-state index contributed by atoms with van der Waals surface area (Å²) in [4.78, 5) is 37.8. The van der Waals surface area contributed by atoms with Gasteiger partial charge in [0.2, 0.25) is 0 Å². The van der Waals surface area contributed by atoms with Crippen LogP contribution in [0.15, 0.2) is 114 Å². The second kappa shape index (κ2) is 12.5. The first-order valence-corrected chi connectivity index (χ1v) is 12.5. The zero-order chi connectivity index (χ0) is 26.9. The number of hydrogen-bond donors (Lipinski definition) is 2. The fourth-order valence-electron chi connectivity index (χ4n) is 3.51. The first-order valence-electron chi connectivity index (χ1n) is 11.5. The van der Waals surface area contributed by atoms with Crippen LogP contribution in [-0.2, 0) is 10.5 Å². The van der Waals surface area contributed by atoms with Crippen LogP contribution in [0.1, 0.15) is 21.5 Å². The average molecular weight is 528 g/mol. The first kappa shape index (κ1) is 26.3. The van der Waals surface area contributed by atoms with Crippen LogP contribution in [-0.4, -0.2) is 16.7 Å². The lowest BCUT2D eigenvalue weighted by atomic mass is 10.1. The van der Waals surface area contributed by atoms with Crippen molar-refractivity contribution in [3.8, 4) is 0 Å². The number of nitrogens with one attached hydrogen (secondary N) is 2. The van der Waals surface area contributed by atoms with Gasteiger partial charge in [0.1, 0.15) is 11.5 Å². The van der Waals surface area contributed by atoms with Gasteiger partial charge in [0.25, 0.3) is 17.5 Å². The van der Waals surface area contributed by atoms with Gasteiger partial charge in [-0.15, -0.1) is 11.8 Å². The Morgan fingerprint density at radius 3 is 2.37 bits per heavy atom. The lowest BCUT2D eigenvalue weighted by Crippen LogP contribution is -2.30. The second-order valence-corrected chi connectivity index (χ2v) is 9.10. The third-order valence-corrected chi connectivity index (χ3v) is 6.45. The summed E-state index contributed by atoms with van der Waals surface area (Å²) in [5.41, 5.74) is 1.10. The molecule has 7 nitrogen and oxygen atoms in total. The van der Waals surface area contributed by atoms with Gasteiger partial charge in [0, 0.05) is 28.0 Å². The number of carbonyl (C=O) groups excluding carboxylic acids is 2. The molecule has 4 aromatic rings. The van der Waals surface area contributed by atoms with E-state index in [0.29, 0.717) is 22.6 Å². The third-order valence-electron chi connectivity index (χ3n) is 5.41. The Hall–Kier alpha value is -4.76. The summed E-state index contributed by atoms with van der Waals surface area (Å²) >= 11 is 1.40. The predicted molar refractivity (Wildman–Crippen MR) is 146 cm³/mol. The van der Waals surface area contributed by atoms with Crippen LogP contribution in [0, 0.1) is 15.9 Å². The zero-order valence-electron chi connectivity index (χ0n) is 20.0. The van der Waals surface area contributed by atoms with E-state index in [1.54, 1.807) is 72.8 Å². The fourth-order valence-corrected chi connectivity index (χ4v) is 4.45. The molecule has 0 aliphatic heterocycles. The monoisotopic (exact) mass is 527 g/mol. The molecular weight excluding hydrogens is 505 g/mol. The summed E-state index contributed by atoms with van der Waals surface area (Å²) in [6.45, 7) is 0. The van der Waals surface area contributed by atoms with Crippen LogP contribution < -0.4 is 10.6 Å². The van der Waals surface area contributed by atoms with E-state index in [2.05, 4.69) is 10.6 Å². The van der Waals surface area contributed by atoms with E-state index in [-0.39, 0.29) is 22.8 Å². The topological polar surface area (TPSA) is 101 Å². The molecule has 0 spiro atoms. The van der Waals surface area contributed by atoms with Gasteiger partial charge in [0.15, 0.2) is 0 Å². The molecule has 0 heterocycles. The number of halogens is 1. The van der Waals surface area contributed by atoms with Gasteiger partial charge >= 0.3 is 0 Å². The summed E-state index contributed by atoms with van der Waals surface area (Å²) in [5.74, 6) is -1.09. The van der Waals surface area contributed by atoms with E-state index < -0.39 is 16.7 Å². The molecule has 0 saturated carbocycles. The summed E-state index contributed by atoms with van der Waals surface area (Å²) < 4.78 is 14.0. The molecule has 0 aliphatic carbocycles. The molecule has 2 N–H and O–H groups in total. The Morgan fingerprint density at radius 2 is 1.61 bits per heavy atom. The lowest BCUT2D eigenvalue weighted by Gasteiger charge is -2.12. The Bertz CT molecular complexity index is 1510. The fraction of sp³-hybridized carbons (Fsp3) is 0.0345. The van der Waals surface area contributed by atoms with Gasteiger partial charge in [-0.2, -0.15) is 0 Å². The average Bonchev–Trinajstić information content (AvgIpc) is 2.93. The molecular formula is C29H22FN3O4S. The molecule has 0 saturated heterocycles. The van der Waals surface area contributed by atoms with Crippen LogP contribution in [0.25, 0.3) is 6.08 Å². The zero-order valence-corrected chi connectivity index (χ0v) is 20.8. The molecule has 4 rings (SSSR count). The first-order chi connectivity index (χ1) is 18.4. The molecule has 0 fully saturated rings. The van der Waals surface area contributed by atoms with Gasteiger partial charge in [-0.05, 0) is 54.1 Å². The van der Waals surface area contributed by atoms with Crippen LogP contribution in [0.4, 0.5) is 15.8 Å². The second-order valence-electron chi connectivity index (χ2n) is 8.06. The van der Waals surface area contributed by atoms with E-state index in [1.807, 2.05) is 6.07 Å². The Labute approximate surface area is 222 Å². The van der Waals surface area contributed by atoms with E-state index in [9.17, 15) is 24.1 Å². The number of benzene rings is 4. The number of rotatable bonds is 9. The summed E-state index contributed by atoms with van der Waals surface area (Å²) in [6, 6.07) is 27.7. The quantitative estimate of drug-likeness (QED) is 0.113. The Morgan fingerprint density at radius 1 is 0.895 bits per heavy atom. The van der Waals surface area contributed by atoms with Gasteiger partial charge in [0.05, 0.1) is 10.5 Å². The highest BCUT2D eigenvalue weighted by Gasteiger charge is 2.18. The van der Waals surface area contributed by atoms with Crippen molar-refractivity contribution in [3.63, 3.8) is 0 Å². The highest BCUT2D eigenvalue weighted by atomic mass is 32.2. The minimum absolute atomic E-state index is 0.158. The Kier molecular flexibility index (Phi) is 8.63. The number of anilines is 1. The van der Waals surface area contributed by atoms with Crippen molar-refractivity contribution >= 4 is 41.0 Å². The number of para-hydroxylation sites is 1. The highest BCUT2D eigenvalue weighted by Crippen LogP contribution is 2.27. The minimum Gasteiger partial charge on any atom is -0.321 e. The number of nitrogens with zero attached hydrogens (tertiary/aromatic N) is 1. The molecule has 190 valence electrons. The normalized spacial score (nSPS) is 11.0. The van der Waals surface area contributed by atoms with Crippen molar-refractivity contribution in [1.29, 1.82) is 0 Å². The molecule has 0 atom stereocenters. The van der Waals surface area contributed by atoms with Gasteiger partial charge < -0.3 is 10.6 Å². The third kappa shape index (κ3) is 6.92. The molecule has 0 unspecified atom stereocenters. The minimum atomic E-state index is -0.663. The van der Waals surface area contributed by atoms with Crippen molar-refractivity contribution in [2.24, 2.45) is 0 Å². The van der Waals surface area contributed by atoms with Gasteiger partial charge in [-0.3, -0.25) is 19.7 Å². The molecule has 0 aromatic heterocycles. The van der Waals surface area contributed by atoms with E-state index in [1.165, 1.54) is 42.1 Å². The maximum absolute atomic E-state index is 14.0. The van der Waals surface area contributed by atoms with E-state index in [4.69, 9.17) is 0 Å². The molecule has 2 amide bonds. The van der Waals surface area contributed by atoms with Crippen molar-refractivity contribution in [1.82, 2.24) is 5.32 Å².